The quantitative estimate of drug-likeness (QED) is 0.873. The van der Waals surface area contributed by atoms with Gasteiger partial charge in [0.1, 0.15) is 5.60 Å². The molecule has 0 unspecified atom stereocenters. The topological polar surface area (TPSA) is 38.3 Å². The zero-order valence-electron chi connectivity index (χ0n) is 12.7. The standard InChI is InChI=1S/C16H24ClNO2/c1-12(11-13-5-7-14(17)8-6-13)9-10-18-15(19)20-16(2,3)4/h5-8,12H,9-11H2,1-4H3,(H,18,19)/t12-/m1/s1. The molecule has 1 atom stereocenters. The molecule has 3 nitrogen and oxygen atoms in total. The summed E-state index contributed by atoms with van der Waals surface area (Å²) in [5.74, 6) is 0.492. The van der Waals surface area contributed by atoms with Gasteiger partial charge in [-0.25, -0.2) is 4.79 Å². The van der Waals surface area contributed by atoms with Gasteiger partial charge < -0.3 is 10.1 Å². The molecule has 0 bridgehead atoms. The molecule has 0 saturated carbocycles. The fourth-order valence-corrected chi connectivity index (χ4v) is 1.99. The molecule has 0 aliphatic rings. The van der Waals surface area contributed by atoms with Gasteiger partial charge in [-0.3, -0.25) is 0 Å². The minimum Gasteiger partial charge on any atom is -0.444 e. The van der Waals surface area contributed by atoms with E-state index in [2.05, 4.69) is 12.2 Å². The van der Waals surface area contributed by atoms with Gasteiger partial charge in [-0.2, -0.15) is 0 Å². The zero-order chi connectivity index (χ0) is 15.2. The Morgan fingerprint density at radius 2 is 1.90 bits per heavy atom. The second kappa shape index (κ2) is 7.53. The summed E-state index contributed by atoms with van der Waals surface area (Å²) in [4.78, 5) is 11.5. The van der Waals surface area contributed by atoms with Gasteiger partial charge in [0, 0.05) is 11.6 Å². The second-order valence-corrected chi connectivity index (χ2v) is 6.59. The van der Waals surface area contributed by atoms with Gasteiger partial charge >= 0.3 is 6.09 Å². The minimum absolute atomic E-state index is 0.351. The fourth-order valence-electron chi connectivity index (χ4n) is 1.86. The molecule has 1 aromatic carbocycles. The molecule has 0 aromatic heterocycles. The Bertz CT molecular complexity index is 423. The third-order valence-electron chi connectivity index (χ3n) is 2.80. The Morgan fingerprint density at radius 3 is 2.45 bits per heavy atom. The molecule has 1 amide bonds. The summed E-state index contributed by atoms with van der Waals surface area (Å²) in [6, 6.07) is 7.89. The number of nitrogens with one attached hydrogen (secondary N) is 1. The summed E-state index contributed by atoms with van der Waals surface area (Å²) in [5.41, 5.74) is 0.818. The van der Waals surface area contributed by atoms with Crippen LogP contribution >= 0.6 is 11.6 Å². The van der Waals surface area contributed by atoms with Crippen LogP contribution in [0.1, 0.15) is 39.7 Å². The summed E-state index contributed by atoms with van der Waals surface area (Å²) in [6.07, 6.45) is 1.55. The third kappa shape index (κ3) is 7.39. The molecule has 0 saturated heterocycles. The van der Waals surface area contributed by atoms with E-state index < -0.39 is 5.60 Å². The van der Waals surface area contributed by atoms with Gasteiger partial charge in [-0.1, -0.05) is 30.7 Å². The molecule has 0 aliphatic carbocycles. The summed E-state index contributed by atoms with van der Waals surface area (Å²) in [7, 11) is 0. The van der Waals surface area contributed by atoms with Crippen LogP contribution in [-0.2, 0) is 11.2 Å². The van der Waals surface area contributed by atoms with E-state index in [0.717, 1.165) is 17.9 Å². The van der Waals surface area contributed by atoms with Crippen LogP contribution in [-0.4, -0.2) is 18.2 Å². The number of hydrogen-bond donors (Lipinski definition) is 1. The van der Waals surface area contributed by atoms with Crippen LogP contribution in [0.5, 0.6) is 0 Å². The Morgan fingerprint density at radius 1 is 1.30 bits per heavy atom. The Kier molecular flexibility index (Phi) is 6.34. The maximum atomic E-state index is 11.5. The highest BCUT2D eigenvalue weighted by Gasteiger charge is 2.15. The van der Waals surface area contributed by atoms with E-state index in [0.29, 0.717) is 12.5 Å². The number of benzene rings is 1. The van der Waals surface area contributed by atoms with Crippen molar-refractivity contribution < 1.29 is 9.53 Å². The number of carbonyl (C=O) groups is 1. The monoisotopic (exact) mass is 297 g/mol. The molecule has 0 aliphatic heterocycles. The lowest BCUT2D eigenvalue weighted by atomic mass is 9.98. The molecule has 112 valence electrons. The van der Waals surface area contributed by atoms with Gasteiger partial charge in [-0.15, -0.1) is 0 Å². The lowest BCUT2D eigenvalue weighted by Crippen LogP contribution is -2.33. The molecule has 0 heterocycles. The van der Waals surface area contributed by atoms with Gasteiger partial charge in [0.2, 0.25) is 0 Å². The normalized spacial score (nSPS) is 12.8. The van der Waals surface area contributed by atoms with E-state index in [-0.39, 0.29) is 6.09 Å². The first-order valence-corrected chi connectivity index (χ1v) is 7.35. The van der Waals surface area contributed by atoms with Crippen molar-refractivity contribution in [2.24, 2.45) is 5.92 Å². The van der Waals surface area contributed by atoms with Crippen molar-refractivity contribution >= 4 is 17.7 Å². The largest absolute Gasteiger partial charge is 0.444 e. The smallest absolute Gasteiger partial charge is 0.407 e. The Balaban J connectivity index is 2.25. The highest BCUT2D eigenvalue weighted by atomic mass is 35.5. The molecule has 1 N–H and O–H groups in total. The van der Waals surface area contributed by atoms with Crippen molar-refractivity contribution in [2.75, 3.05) is 6.54 Å². The molecule has 4 heteroatoms. The summed E-state index contributed by atoms with van der Waals surface area (Å²) < 4.78 is 5.19. The average Bonchev–Trinajstić information content (AvgIpc) is 2.29. The Labute approximate surface area is 126 Å². The molecule has 0 spiro atoms. The predicted molar refractivity (Wildman–Crippen MR) is 83.2 cm³/mol. The Hall–Kier alpha value is -1.22. The number of rotatable bonds is 5. The summed E-state index contributed by atoms with van der Waals surface area (Å²) in [5, 5.41) is 3.54. The molecule has 0 radical (unpaired) electrons. The van der Waals surface area contributed by atoms with E-state index >= 15 is 0 Å². The second-order valence-electron chi connectivity index (χ2n) is 6.15. The van der Waals surface area contributed by atoms with E-state index in [1.54, 1.807) is 0 Å². The van der Waals surface area contributed by atoms with Crippen LogP contribution in [0, 0.1) is 5.92 Å². The maximum absolute atomic E-state index is 11.5. The molecule has 0 fully saturated rings. The number of alkyl carbamates (subject to hydrolysis) is 1. The fraction of sp³-hybridized carbons (Fsp3) is 0.562. The van der Waals surface area contributed by atoms with Crippen molar-refractivity contribution in [1.29, 1.82) is 0 Å². The van der Waals surface area contributed by atoms with Crippen molar-refractivity contribution in [2.45, 2.75) is 46.1 Å². The van der Waals surface area contributed by atoms with Crippen LogP contribution in [0.15, 0.2) is 24.3 Å². The van der Waals surface area contributed by atoms with Gasteiger partial charge in [-0.05, 0) is 57.2 Å². The zero-order valence-corrected chi connectivity index (χ0v) is 13.5. The average molecular weight is 298 g/mol. The molecule has 1 aromatic rings. The van der Waals surface area contributed by atoms with Crippen LogP contribution in [0.2, 0.25) is 5.02 Å². The van der Waals surface area contributed by atoms with Crippen molar-refractivity contribution in [3.63, 3.8) is 0 Å². The summed E-state index contributed by atoms with van der Waals surface area (Å²) in [6.45, 7) is 8.37. The van der Waals surface area contributed by atoms with Gasteiger partial charge in [0.15, 0.2) is 0 Å². The highest BCUT2D eigenvalue weighted by Crippen LogP contribution is 2.15. The van der Waals surface area contributed by atoms with Gasteiger partial charge in [0.25, 0.3) is 0 Å². The summed E-state index contributed by atoms with van der Waals surface area (Å²) >= 11 is 5.86. The van der Waals surface area contributed by atoms with E-state index in [9.17, 15) is 4.79 Å². The lowest BCUT2D eigenvalue weighted by Gasteiger charge is -2.20. The highest BCUT2D eigenvalue weighted by molar-refractivity contribution is 6.30. The van der Waals surface area contributed by atoms with Crippen molar-refractivity contribution in [1.82, 2.24) is 5.32 Å². The number of carbonyl (C=O) groups excluding carboxylic acids is 1. The number of halogens is 1. The molecular formula is C16H24ClNO2. The van der Waals surface area contributed by atoms with Crippen LogP contribution in [0.25, 0.3) is 0 Å². The number of amides is 1. The molecule has 1 rings (SSSR count). The van der Waals surface area contributed by atoms with Crippen molar-refractivity contribution in [3.05, 3.63) is 34.9 Å². The minimum atomic E-state index is -0.445. The van der Waals surface area contributed by atoms with Crippen LogP contribution in [0.3, 0.4) is 0 Å². The van der Waals surface area contributed by atoms with E-state index in [1.807, 2.05) is 45.0 Å². The number of hydrogen-bond acceptors (Lipinski definition) is 2. The molecular weight excluding hydrogens is 274 g/mol. The van der Waals surface area contributed by atoms with Gasteiger partial charge in [0.05, 0.1) is 0 Å². The van der Waals surface area contributed by atoms with Crippen molar-refractivity contribution in [3.8, 4) is 0 Å². The third-order valence-corrected chi connectivity index (χ3v) is 3.05. The SMILES string of the molecule is C[C@H](CCNC(=O)OC(C)(C)C)Cc1ccc(Cl)cc1. The first-order valence-electron chi connectivity index (χ1n) is 6.97. The lowest BCUT2D eigenvalue weighted by molar-refractivity contribution is 0.0525. The first-order chi connectivity index (χ1) is 9.26. The van der Waals surface area contributed by atoms with E-state index in [1.165, 1.54) is 5.56 Å². The van der Waals surface area contributed by atoms with Crippen LogP contribution < -0.4 is 5.32 Å². The van der Waals surface area contributed by atoms with Crippen LogP contribution in [0.4, 0.5) is 4.79 Å². The van der Waals surface area contributed by atoms with E-state index in [4.69, 9.17) is 16.3 Å². The predicted octanol–water partition coefficient (Wildman–Crippen LogP) is 4.43. The maximum Gasteiger partial charge on any atom is 0.407 e. The first kappa shape index (κ1) is 16.8. The molecule has 20 heavy (non-hydrogen) atoms. The number of ether oxygens (including phenoxy) is 1.